The van der Waals surface area contributed by atoms with Crippen LogP contribution in [0.1, 0.15) is 35.7 Å². The van der Waals surface area contributed by atoms with Gasteiger partial charge in [-0.2, -0.15) is 0 Å². The van der Waals surface area contributed by atoms with Crippen molar-refractivity contribution in [1.29, 1.82) is 0 Å². The fourth-order valence-electron chi connectivity index (χ4n) is 3.39. The molecule has 0 spiro atoms. The number of benzene rings is 3. The monoisotopic (exact) mass is 494 g/mol. The van der Waals surface area contributed by atoms with Crippen molar-refractivity contribution in [3.05, 3.63) is 95.1 Å². The van der Waals surface area contributed by atoms with E-state index in [4.69, 9.17) is 0 Å². The molecule has 174 valence electrons. The molecule has 1 N–H and O–H groups in total. The molecule has 0 fully saturated rings. The molecule has 3 aromatic carbocycles. The average Bonchev–Trinajstić information content (AvgIpc) is 3.29. The van der Waals surface area contributed by atoms with E-state index in [0.29, 0.717) is 11.0 Å². The molecule has 1 aromatic heterocycles. The number of hydrogen-bond donors (Lipinski definition) is 1. The lowest BCUT2D eigenvalue weighted by molar-refractivity contribution is 0.102. The Morgan fingerprint density at radius 1 is 1.06 bits per heavy atom. The molecule has 4 aromatic rings. The Morgan fingerprint density at radius 2 is 1.74 bits per heavy atom. The zero-order valence-corrected chi connectivity index (χ0v) is 20.0. The highest BCUT2D eigenvalue weighted by Crippen LogP contribution is 2.32. The summed E-state index contributed by atoms with van der Waals surface area (Å²) in [6.45, 7) is 4.26. The minimum absolute atomic E-state index is 0.133. The second-order valence-electron chi connectivity index (χ2n) is 7.77. The minimum Gasteiger partial charge on any atom is -0.755 e. The topological polar surface area (TPSA) is 85.4 Å². The van der Waals surface area contributed by atoms with Gasteiger partial charge in [0.05, 0.1) is 33.9 Å². The van der Waals surface area contributed by atoms with Gasteiger partial charge in [0.15, 0.2) is 5.13 Å². The lowest BCUT2D eigenvalue weighted by Gasteiger charge is -2.28. The van der Waals surface area contributed by atoms with E-state index in [2.05, 4.69) is 36.3 Å². The third kappa shape index (κ3) is 5.22. The summed E-state index contributed by atoms with van der Waals surface area (Å²) in [6.07, 6.45) is 0. The van der Waals surface area contributed by atoms with Crippen LogP contribution < -0.4 is 9.62 Å². The quantitative estimate of drug-likeness (QED) is 0.307. The Kier molecular flexibility index (Phi) is 7.16. The standard InChI is InChI=1S/C25H22FN3O3S2/c1-16(2)17-7-9-18(10-8-17)22-15-33-25(27-22)28-24(30)21-5-3-4-6-23(21)29(34(31)32)20-13-11-19(26)12-14-20/h3-16H,1-2H3,(H,31,32)(H,27,28,30)/p-1. The molecule has 1 unspecified atom stereocenters. The van der Waals surface area contributed by atoms with Crippen LogP contribution in [0.4, 0.5) is 20.9 Å². The van der Waals surface area contributed by atoms with Crippen LogP contribution in [0, 0.1) is 5.82 Å². The Hall–Kier alpha value is -3.40. The van der Waals surface area contributed by atoms with Crippen LogP contribution in [0.15, 0.2) is 78.2 Å². The molecule has 34 heavy (non-hydrogen) atoms. The van der Waals surface area contributed by atoms with E-state index in [1.54, 1.807) is 12.1 Å². The lowest BCUT2D eigenvalue weighted by atomic mass is 10.0. The molecule has 9 heteroatoms. The molecular formula is C25H21FN3O3S2-. The van der Waals surface area contributed by atoms with Gasteiger partial charge in [0.25, 0.3) is 5.91 Å². The Bertz CT molecular complexity index is 1320. The van der Waals surface area contributed by atoms with Crippen LogP contribution in [0.3, 0.4) is 0 Å². The number of nitrogens with one attached hydrogen (secondary N) is 1. The van der Waals surface area contributed by atoms with Gasteiger partial charge < -0.3 is 4.55 Å². The summed E-state index contributed by atoms with van der Waals surface area (Å²) in [5, 5.41) is 4.99. The number of thiazole rings is 1. The predicted molar refractivity (Wildman–Crippen MR) is 133 cm³/mol. The number of halogens is 1. The van der Waals surface area contributed by atoms with Crippen LogP contribution in [0.2, 0.25) is 0 Å². The van der Waals surface area contributed by atoms with Crippen LogP contribution in [0.5, 0.6) is 0 Å². The van der Waals surface area contributed by atoms with E-state index in [-0.39, 0.29) is 16.9 Å². The van der Waals surface area contributed by atoms with E-state index in [9.17, 15) is 17.9 Å². The van der Waals surface area contributed by atoms with Crippen LogP contribution >= 0.6 is 11.3 Å². The molecule has 0 aliphatic rings. The number of aromatic nitrogens is 1. The third-order valence-corrected chi connectivity index (χ3v) is 6.64. The first-order valence-electron chi connectivity index (χ1n) is 10.4. The first-order valence-corrected chi connectivity index (χ1v) is 12.4. The summed E-state index contributed by atoms with van der Waals surface area (Å²) in [5.41, 5.74) is 3.38. The van der Waals surface area contributed by atoms with Crippen LogP contribution in [0.25, 0.3) is 11.3 Å². The Labute approximate surface area is 203 Å². The SMILES string of the molecule is CC(C)c1ccc(-c2csc(NC(=O)c3ccccc3N(c3ccc(F)cc3)S(=O)[O-])n2)cc1. The summed E-state index contributed by atoms with van der Waals surface area (Å²) in [7, 11) is 0. The van der Waals surface area contributed by atoms with E-state index < -0.39 is 23.0 Å². The molecule has 1 heterocycles. The zero-order valence-electron chi connectivity index (χ0n) is 18.4. The molecule has 0 saturated heterocycles. The number of anilines is 3. The zero-order chi connectivity index (χ0) is 24.2. The number of nitrogens with zero attached hydrogens (tertiary/aromatic N) is 2. The van der Waals surface area contributed by atoms with Crippen molar-refractivity contribution >= 4 is 45.0 Å². The predicted octanol–water partition coefficient (Wildman–Crippen LogP) is 6.26. The van der Waals surface area contributed by atoms with Crippen molar-refractivity contribution in [1.82, 2.24) is 4.98 Å². The van der Waals surface area contributed by atoms with E-state index in [1.807, 2.05) is 17.5 Å². The van der Waals surface area contributed by atoms with Crippen LogP contribution in [-0.4, -0.2) is 19.7 Å². The van der Waals surface area contributed by atoms with Crippen molar-refractivity contribution < 1.29 is 17.9 Å². The largest absolute Gasteiger partial charge is 0.755 e. The highest BCUT2D eigenvalue weighted by atomic mass is 32.2. The third-order valence-electron chi connectivity index (χ3n) is 5.18. The van der Waals surface area contributed by atoms with Crippen LogP contribution in [-0.2, 0) is 11.3 Å². The normalized spacial score (nSPS) is 11.9. The summed E-state index contributed by atoms with van der Waals surface area (Å²) in [6, 6.07) is 19.4. The highest BCUT2D eigenvalue weighted by Gasteiger charge is 2.20. The molecular weight excluding hydrogens is 473 g/mol. The minimum atomic E-state index is -2.74. The van der Waals surface area contributed by atoms with Crippen molar-refractivity contribution in [2.75, 3.05) is 9.62 Å². The first-order chi connectivity index (χ1) is 16.3. The fraction of sp³-hybridized carbons (Fsp3) is 0.120. The molecule has 1 atom stereocenters. The Balaban J connectivity index is 1.59. The maximum Gasteiger partial charge on any atom is 0.259 e. The van der Waals surface area contributed by atoms with E-state index in [1.165, 1.54) is 41.2 Å². The number of para-hydroxylation sites is 1. The number of hydrogen-bond acceptors (Lipinski definition) is 5. The molecule has 0 aliphatic carbocycles. The summed E-state index contributed by atoms with van der Waals surface area (Å²) in [4.78, 5) is 17.6. The first kappa shape index (κ1) is 23.7. The molecule has 0 aliphatic heterocycles. The van der Waals surface area contributed by atoms with Gasteiger partial charge in [-0.15, -0.1) is 11.3 Å². The molecule has 0 bridgehead atoms. The Morgan fingerprint density at radius 3 is 2.38 bits per heavy atom. The maximum absolute atomic E-state index is 13.3. The summed E-state index contributed by atoms with van der Waals surface area (Å²) < 4.78 is 38.4. The maximum atomic E-state index is 13.3. The van der Waals surface area contributed by atoms with Gasteiger partial charge in [0, 0.05) is 10.9 Å². The smallest absolute Gasteiger partial charge is 0.259 e. The summed E-state index contributed by atoms with van der Waals surface area (Å²) in [5.74, 6) is -0.577. The molecule has 4 rings (SSSR count). The van der Waals surface area contributed by atoms with Gasteiger partial charge in [-0.1, -0.05) is 50.2 Å². The molecule has 6 nitrogen and oxygen atoms in total. The molecule has 0 saturated carbocycles. The van der Waals surface area contributed by atoms with E-state index >= 15 is 0 Å². The molecule has 1 amide bonds. The van der Waals surface area contributed by atoms with Gasteiger partial charge >= 0.3 is 0 Å². The highest BCUT2D eigenvalue weighted by molar-refractivity contribution is 7.81. The van der Waals surface area contributed by atoms with E-state index in [0.717, 1.165) is 27.7 Å². The second kappa shape index (κ2) is 10.3. The van der Waals surface area contributed by atoms with Gasteiger partial charge in [-0.3, -0.25) is 18.6 Å². The van der Waals surface area contributed by atoms with Gasteiger partial charge in [0.2, 0.25) is 0 Å². The fourth-order valence-corrected chi connectivity index (χ4v) is 4.72. The average molecular weight is 495 g/mol. The van der Waals surface area contributed by atoms with Gasteiger partial charge in [0.1, 0.15) is 5.82 Å². The van der Waals surface area contributed by atoms with Crippen molar-refractivity contribution in [2.24, 2.45) is 0 Å². The molecule has 0 radical (unpaired) electrons. The van der Waals surface area contributed by atoms with Gasteiger partial charge in [-0.25, -0.2) is 9.37 Å². The number of amides is 1. The number of carbonyl (C=O) groups excluding carboxylic acids is 1. The second-order valence-corrected chi connectivity index (χ2v) is 9.43. The van der Waals surface area contributed by atoms with Crippen molar-refractivity contribution in [3.63, 3.8) is 0 Å². The van der Waals surface area contributed by atoms with Crippen molar-refractivity contribution in [2.45, 2.75) is 19.8 Å². The number of rotatable bonds is 7. The number of carbonyl (C=O) groups is 1. The van der Waals surface area contributed by atoms with Crippen molar-refractivity contribution in [3.8, 4) is 11.3 Å². The lowest BCUT2D eigenvalue weighted by Crippen LogP contribution is -2.23. The summed E-state index contributed by atoms with van der Waals surface area (Å²) >= 11 is -1.47. The van der Waals surface area contributed by atoms with Gasteiger partial charge in [-0.05, 0) is 47.9 Å².